The quantitative estimate of drug-likeness (QED) is 0.185. The Bertz CT molecular complexity index is 3110. The number of nitrogens with zero attached hydrogens (tertiary/aromatic N) is 1. The third-order valence-electron chi connectivity index (χ3n) is 10.0. The van der Waals surface area contributed by atoms with Gasteiger partial charge in [0.25, 0.3) is 0 Å². The monoisotopic (exact) mass is 673 g/mol. The van der Waals surface area contributed by atoms with Crippen molar-refractivity contribution in [2.45, 2.75) is 0 Å². The highest BCUT2D eigenvalue weighted by molar-refractivity contribution is 7.26. The van der Waals surface area contributed by atoms with E-state index >= 15 is 0 Å². The van der Waals surface area contributed by atoms with Gasteiger partial charge in [-0.3, -0.25) is 0 Å². The average molecular weight is 674 g/mol. The maximum absolute atomic E-state index is 6.36. The summed E-state index contributed by atoms with van der Waals surface area (Å²) < 4.78 is 11.6. The maximum Gasteiger partial charge on any atom is 0.137 e. The smallest absolute Gasteiger partial charge is 0.137 e. The molecule has 234 valence electrons. The standard InChI is InChI=1S/C46H27NOS2/c1-4-10-41-35(7-1)36-21-19-34(27-42(36)48-41)47(33-20-22-45-40(26-33)38-9-3-5-11-43(38)49-45)32-17-15-28(16-18-32)29-13-14-30-24-39-37-8-2-6-12-44(37)50-46(39)25-31(30)23-29/h1-27H. The Hall–Kier alpha value is -5.94. The van der Waals surface area contributed by atoms with Crippen molar-refractivity contribution in [3.05, 3.63) is 164 Å². The normalized spacial score (nSPS) is 12.0. The van der Waals surface area contributed by atoms with Crippen LogP contribution in [0.15, 0.2) is 168 Å². The number of hydrogen-bond donors (Lipinski definition) is 0. The Morgan fingerprint density at radius 2 is 0.940 bits per heavy atom. The lowest BCUT2D eigenvalue weighted by Gasteiger charge is -2.26. The Balaban J connectivity index is 1.04. The van der Waals surface area contributed by atoms with Crippen LogP contribution in [0.5, 0.6) is 0 Å². The lowest BCUT2D eigenvalue weighted by Crippen LogP contribution is -2.09. The van der Waals surface area contributed by atoms with Gasteiger partial charge in [0, 0.05) is 74.2 Å². The van der Waals surface area contributed by atoms with Gasteiger partial charge in [-0.15, -0.1) is 22.7 Å². The fraction of sp³-hybridized carbons (Fsp3) is 0. The van der Waals surface area contributed by atoms with Crippen LogP contribution in [0.25, 0.3) is 84.2 Å². The van der Waals surface area contributed by atoms with Crippen LogP contribution in [0.4, 0.5) is 17.1 Å². The topological polar surface area (TPSA) is 16.4 Å². The molecule has 50 heavy (non-hydrogen) atoms. The second-order valence-electron chi connectivity index (χ2n) is 12.9. The molecule has 0 amide bonds. The summed E-state index contributed by atoms with van der Waals surface area (Å²) in [6, 6.07) is 59.6. The minimum atomic E-state index is 0.885. The molecule has 0 radical (unpaired) electrons. The van der Waals surface area contributed by atoms with E-state index < -0.39 is 0 Å². The molecular formula is C46H27NOS2. The number of hydrogen-bond acceptors (Lipinski definition) is 4. The van der Waals surface area contributed by atoms with Crippen molar-refractivity contribution in [3.8, 4) is 11.1 Å². The molecule has 11 aromatic rings. The molecule has 3 aromatic heterocycles. The van der Waals surface area contributed by atoms with E-state index in [1.54, 1.807) is 0 Å². The van der Waals surface area contributed by atoms with Gasteiger partial charge in [0.2, 0.25) is 0 Å². The first-order valence-corrected chi connectivity index (χ1v) is 18.5. The van der Waals surface area contributed by atoms with Gasteiger partial charge in [0.05, 0.1) is 0 Å². The third-order valence-corrected chi connectivity index (χ3v) is 12.3. The zero-order valence-corrected chi connectivity index (χ0v) is 28.4. The first kappa shape index (κ1) is 28.0. The third kappa shape index (κ3) is 4.32. The summed E-state index contributed by atoms with van der Waals surface area (Å²) in [5.74, 6) is 0. The molecule has 8 aromatic carbocycles. The molecule has 4 heteroatoms. The van der Waals surface area contributed by atoms with Crippen LogP contribution in [-0.2, 0) is 0 Å². The molecule has 0 spiro atoms. The van der Waals surface area contributed by atoms with Crippen LogP contribution < -0.4 is 4.90 Å². The number of fused-ring (bicyclic) bond motifs is 10. The molecule has 0 saturated heterocycles. The van der Waals surface area contributed by atoms with Crippen LogP contribution >= 0.6 is 22.7 Å². The Kier molecular flexibility index (Phi) is 6.03. The van der Waals surface area contributed by atoms with Gasteiger partial charge in [0.1, 0.15) is 11.2 Å². The largest absolute Gasteiger partial charge is 0.456 e. The van der Waals surface area contributed by atoms with E-state index in [4.69, 9.17) is 4.42 Å². The minimum absolute atomic E-state index is 0.885. The van der Waals surface area contributed by atoms with Crippen molar-refractivity contribution in [1.29, 1.82) is 0 Å². The number of anilines is 3. The molecule has 0 aliphatic heterocycles. The predicted octanol–water partition coefficient (Wildman–Crippen LogP) is 14.6. The first-order valence-electron chi connectivity index (χ1n) is 16.8. The SMILES string of the molecule is c1ccc2c(c1)oc1cc(N(c3ccc(-c4ccc5cc6c(cc5c4)sc4ccccc46)cc3)c3ccc4sc5ccccc5c4c3)ccc12. The van der Waals surface area contributed by atoms with Crippen LogP contribution in [0.3, 0.4) is 0 Å². The maximum atomic E-state index is 6.36. The molecule has 0 aliphatic carbocycles. The molecule has 2 nitrogen and oxygen atoms in total. The van der Waals surface area contributed by atoms with Crippen molar-refractivity contribution >= 4 is 113 Å². The van der Waals surface area contributed by atoms with Gasteiger partial charge in [0.15, 0.2) is 0 Å². The van der Waals surface area contributed by atoms with E-state index in [0.717, 1.165) is 39.0 Å². The van der Waals surface area contributed by atoms with Gasteiger partial charge < -0.3 is 9.32 Å². The summed E-state index contributed by atoms with van der Waals surface area (Å²) in [4.78, 5) is 2.35. The fourth-order valence-corrected chi connectivity index (χ4v) is 9.83. The van der Waals surface area contributed by atoms with Crippen molar-refractivity contribution in [3.63, 3.8) is 0 Å². The molecule has 0 bridgehead atoms. The first-order chi connectivity index (χ1) is 24.7. The van der Waals surface area contributed by atoms with Gasteiger partial charge in [-0.1, -0.05) is 78.9 Å². The highest BCUT2D eigenvalue weighted by Gasteiger charge is 2.17. The molecule has 0 atom stereocenters. The lowest BCUT2D eigenvalue weighted by atomic mass is 9.99. The summed E-state index contributed by atoms with van der Waals surface area (Å²) in [6.07, 6.45) is 0. The summed E-state index contributed by atoms with van der Waals surface area (Å²) >= 11 is 3.72. The highest BCUT2D eigenvalue weighted by atomic mass is 32.1. The average Bonchev–Trinajstić information content (AvgIpc) is 3.84. The van der Waals surface area contributed by atoms with Crippen LogP contribution in [0.1, 0.15) is 0 Å². The van der Waals surface area contributed by atoms with E-state index in [1.807, 2.05) is 34.8 Å². The number of furan rings is 1. The number of thiophene rings is 2. The van der Waals surface area contributed by atoms with Gasteiger partial charge in [-0.2, -0.15) is 0 Å². The molecule has 0 saturated carbocycles. The number of para-hydroxylation sites is 1. The summed E-state index contributed by atoms with van der Waals surface area (Å²) in [6.45, 7) is 0. The van der Waals surface area contributed by atoms with Crippen molar-refractivity contribution in [1.82, 2.24) is 0 Å². The minimum Gasteiger partial charge on any atom is -0.456 e. The molecule has 0 fully saturated rings. The van der Waals surface area contributed by atoms with E-state index in [9.17, 15) is 0 Å². The van der Waals surface area contributed by atoms with E-state index in [1.165, 1.54) is 62.2 Å². The van der Waals surface area contributed by atoms with E-state index in [-0.39, 0.29) is 0 Å². The van der Waals surface area contributed by atoms with Gasteiger partial charge in [-0.25, -0.2) is 0 Å². The molecular weight excluding hydrogens is 647 g/mol. The summed E-state index contributed by atoms with van der Waals surface area (Å²) in [7, 11) is 0. The molecule has 0 unspecified atom stereocenters. The number of rotatable bonds is 4. The van der Waals surface area contributed by atoms with E-state index in [2.05, 4.69) is 157 Å². The van der Waals surface area contributed by atoms with Crippen molar-refractivity contribution in [2.24, 2.45) is 0 Å². The zero-order valence-electron chi connectivity index (χ0n) is 26.8. The van der Waals surface area contributed by atoms with Crippen LogP contribution in [0, 0.1) is 0 Å². The van der Waals surface area contributed by atoms with Gasteiger partial charge >= 0.3 is 0 Å². The molecule has 0 aliphatic rings. The second kappa shape index (κ2) is 10.8. The molecule has 11 rings (SSSR count). The highest BCUT2D eigenvalue weighted by Crippen LogP contribution is 2.43. The van der Waals surface area contributed by atoms with Crippen LogP contribution in [-0.4, -0.2) is 0 Å². The Morgan fingerprint density at radius 1 is 0.340 bits per heavy atom. The molecule has 0 N–H and O–H groups in total. The summed E-state index contributed by atoms with van der Waals surface area (Å²) in [5.41, 5.74) is 7.46. The Labute approximate surface area is 295 Å². The second-order valence-corrected chi connectivity index (χ2v) is 15.1. The summed E-state index contributed by atoms with van der Waals surface area (Å²) in [5, 5.41) is 10.0. The predicted molar refractivity (Wildman–Crippen MR) is 217 cm³/mol. The number of benzene rings is 8. The fourth-order valence-electron chi connectivity index (χ4n) is 7.60. The van der Waals surface area contributed by atoms with Gasteiger partial charge in [-0.05, 0) is 101 Å². The van der Waals surface area contributed by atoms with E-state index in [0.29, 0.717) is 0 Å². The van der Waals surface area contributed by atoms with Crippen molar-refractivity contribution in [2.75, 3.05) is 4.90 Å². The Morgan fingerprint density at radius 3 is 1.76 bits per heavy atom. The molecule has 3 heterocycles. The van der Waals surface area contributed by atoms with Crippen molar-refractivity contribution < 1.29 is 4.42 Å². The lowest BCUT2D eigenvalue weighted by molar-refractivity contribution is 0.669. The van der Waals surface area contributed by atoms with Crippen LogP contribution in [0.2, 0.25) is 0 Å². The zero-order chi connectivity index (χ0) is 32.8.